The fourth-order valence-electron chi connectivity index (χ4n) is 2.09. The van der Waals surface area contributed by atoms with Gasteiger partial charge in [-0.05, 0) is 24.3 Å². The van der Waals surface area contributed by atoms with E-state index in [-0.39, 0.29) is 18.2 Å². The van der Waals surface area contributed by atoms with Gasteiger partial charge in [0.1, 0.15) is 12.1 Å². The second-order valence-electron chi connectivity index (χ2n) is 4.54. The van der Waals surface area contributed by atoms with E-state index in [9.17, 15) is 4.39 Å². The molecule has 0 aliphatic carbocycles. The molecule has 20 heavy (non-hydrogen) atoms. The first kappa shape index (κ1) is 15.0. The molecule has 1 aliphatic heterocycles. The summed E-state index contributed by atoms with van der Waals surface area (Å²) in [4.78, 5) is 6.71. The summed E-state index contributed by atoms with van der Waals surface area (Å²) in [7, 11) is 0. The summed E-state index contributed by atoms with van der Waals surface area (Å²) in [6, 6.07) is 6.14. The molecule has 1 aromatic heterocycles. The van der Waals surface area contributed by atoms with Crippen LogP contribution in [0.15, 0.2) is 34.9 Å². The van der Waals surface area contributed by atoms with Crippen LogP contribution in [0.25, 0.3) is 11.5 Å². The minimum atomic E-state index is -0.260. The Kier molecular flexibility index (Phi) is 5.11. The molecule has 0 N–H and O–H groups in total. The van der Waals surface area contributed by atoms with Gasteiger partial charge in [0, 0.05) is 25.2 Å². The van der Waals surface area contributed by atoms with E-state index < -0.39 is 0 Å². The molecule has 2 aromatic rings. The van der Waals surface area contributed by atoms with Gasteiger partial charge in [0.25, 0.3) is 0 Å². The molecule has 1 saturated heterocycles. The van der Waals surface area contributed by atoms with E-state index in [1.54, 1.807) is 18.4 Å². The van der Waals surface area contributed by atoms with E-state index in [0.29, 0.717) is 5.89 Å². The van der Waals surface area contributed by atoms with Crippen molar-refractivity contribution in [3.8, 4) is 11.5 Å². The van der Waals surface area contributed by atoms with Crippen LogP contribution in [0.3, 0.4) is 0 Å². The van der Waals surface area contributed by atoms with Crippen molar-refractivity contribution >= 4 is 12.4 Å². The fourth-order valence-corrected chi connectivity index (χ4v) is 2.09. The Balaban J connectivity index is 0.00000147. The summed E-state index contributed by atoms with van der Waals surface area (Å²) in [5.41, 5.74) is 1.68. The molecule has 1 fully saturated rings. The summed E-state index contributed by atoms with van der Waals surface area (Å²) in [6.45, 7) is 4.12. The van der Waals surface area contributed by atoms with Crippen molar-refractivity contribution < 1.29 is 13.5 Å². The lowest BCUT2D eigenvalue weighted by Gasteiger charge is -2.25. The van der Waals surface area contributed by atoms with E-state index >= 15 is 0 Å². The first-order chi connectivity index (χ1) is 9.31. The van der Waals surface area contributed by atoms with Crippen molar-refractivity contribution in [1.82, 2.24) is 9.88 Å². The molecule has 0 saturated carbocycles. The van der Waals surface area contributed by atoms with Gasteiger partial charge in [0.15, 0.2) is 0 Å². The number of morpholine rings is 1. The second-order valence-corrected chi connectivity index (χ2v) is 4.54. The van der Waals surface area contributed by atoms with Crippen LogP contribution in [0.2, 0.25) is 0 Å². The normalized spacial score (nSPS) is 15.8. The van der Waals surface area contributed by atoms with Gasteiger partial charge in [-0.3, -0.25) is 4.90 Å². The highest BCUT2D eigenvalue weighted by Crippen LogP contribution is 2.19. The first-order valence-electron chi connectivity index (χ1n) is 6.32. The number of nitrogens with zero attached hydrogens (tertiary/aromatic N) is 2. The minimum Gasteiger partial charge on any atom is -0.444 e. The molecule has 3 rings (SSSR count). The number of rotatable bonds is 3. The number of hydrogen-bond acceptors (Lipinski definition) is 4. The Hall–Kier alpha value is -1.43. The summed E-state index contributed by atoms with van der Waals surface area (Å²) in [5.74, 6) is 0.270. The Bertz CT molecular complexity index is 538. The monoisotopic (exact) mass is 298 g/mol. The highest BCUT2D eigenvalue weighted by Gasteiger charge is 2.13. The quantitative estimate of drug-likeness (QED) is 0.873. The average Bonchev–Trinajstić information content (AvgIpc) is 2.89. The van der Waals surface area contributed by atoms with Crippen molar-refractivity contribution in [2.45, 2.75) is 6.54 Å². The van der Waals surface area contributed by atoms with E-state index in [1.165, 1.54) is 12.1 Å². The molecule has 0 radical (unpaired) electrons. The molecule has 1 aliphatic rings. The number of ether oxygens (including phenoxy) is 1. The Morgan fingerprint density at radius 3 is 2.55 bits per heavy atom. The number of halogens is 2. The molecule has 0 bridgehead atoms. The lowest BCUT2D eigenvalue weighted by atomic mass is 10.2. The molecule has 108 valence electrons. The van der Waals surface area contributed by atoms with E-state index in [0.717, 1.165) is 44.1 Å². The smallest absolute Gasteiger partial charge is 0.226 e. The zero-order valence-electron chi connectivity index (χ0n) is 10.9. The van der Waals surface area contributed by atoms with Crippen molar-refractivity contribution in [3.63, 3.8) is 0 Å². The van der Waals surface area contributed by atoms with E-state index in [4.69, 9.17) is 9.15 Å². The van der Waals surface area contributed by atoms with Gasteiger partial charge in [-0.25, -0.2) is 9.37 Å². The maximum atomic E-state index is 12.8. The van der Waals surface area contributed by atoms with Crippen LogP contribution in [0.4, 0.5) is 4.39 Å². The van der Waals surface area contributed by atoms with Crippen molar-refractivity contribution in [3.05, 3.63) is 42.0 Å². The summed E-state index contributed by atoms with van der Waals surface area (Å²) in [5, 5.41) is 0. The predicted molar refractivity (Wildman–Crippen MR) is 75.2 cm³/mol. The average molecular weight is 299 g/mol. The highest BCUT2D eigenvalue weighted by molar-refractivity contribution is 5.85. The Morgan fingerprint density at radius 2 is 1.85 bits per heavy atom. The second kappa shape index (κ2) is 6.83. The summed E-state index contributed by atoms with van der Waals surface area (Å²) >= 11 is 0. The Labute approximate surface area is 123 Å². The van der Waals surface area contributed by atoms with Gasteiger partial charge in [-0.15, -0.1) is 12.4 Å². The number of oxazole rings is 1. The predicted octanol–water partition coefficient (Wildman–Crippen LogP) is 2.73. The third kappa shape index (κ3) is 3.56. The third-order valence-corrected chi connectivity index (χ3v) is 3.13. The van der Waals surface area contributed by atoms with Crippen LogP contribution in [-0.2, 0) is 11.3 Å². The highest BCUT2D eigenvalue weighted by atomic mass is 35.5. The summed E-state index contributed by atoms with van der Waals surface area (Å²) in [6.07, 6.45) is 1.66. The molecular weight excluding hydrogens is 283 g/mol. The van der Waals surface area contributed by atoms with Crippen LogP contribution in [0.5, 0.6) is 0 Å². The van der Waals surface area contributed by atoms with E-state index in [2.05, 4.69) is 9.88 Å². The van der Waals surface area contributed by atoms with Crippen molar-refractivity contribution in [1.29, 1.82) is 0 Å². The SMILES string of the molecule is Cl.Fc1ccc(-c2nc(CN3CCOCC3)co2)cc1. The standard InChI is InChI=1S/C14H15FN2O2.ClH/c15-12-3-1-11(2-4-12)14-16-13(10-19-14)9-17-5-7-18-8-6-17;/h1-4,10H,5-9H2;1H. The molecule has 0 spiro atoms. The molecule has 4 nitrogen and oxygen atoms in total. The topological polar surface area (TPSA) is 38.5 Å². The van der Waals surface area contributed by atoms with Gasteiger partial charge in [0.05, 0.1) is 18.9 Å². The van der Waals surface area contributed by atoms with Crippen LogP contribution in [-0.4, -0.2) is 36.2 Å². The molecule has 6 heteroatoms. The third-order valence-electron chi connectivity index (χ3n) is 3.13. The van der Waals surface area contributed by atoms with Crippen LogP contribution in [0, 0.1) is 5.82 Å². The van der Waals surface area contributed by atoms with E-state index in [1.807, 2.05) is 0 Å². The van der Waals surface area contributed by atoms with Gasteiger partial charge in [0.2, 0.25) is 5.89 Å². The number of aromatic nitrogens is 1. The van der Waals surface area contributed by atoms with Gasteiger partial charge in [-0.2, -0.15) is 0 Å². The fraction of sp³-hybridized carbons (Fsp3) is 0.357. The number of benzene rings is 1. The van der Waals surface area contributed by atoms with Gasteiger partial charge < -0.3 is 9.15 Å². The maximum absolute atomic E-state index is 12.8. The molecule has 0 atom stereocenters. The largest absolute Gasteiger partial charge is 0.444 e. The van der Waals surface area contributed by atoms with Crippen LogP contribution >= 0.6 is 12.4 Å². The van der Waals surface area contributed by atoms with Crippen molar-refractivity contribution in [2.75, 3.05) is 26.3 Å². The lowest BCUT2D eigenvalue weighted by molar-refractivity contribution is 0.0336. The molecule has 1 aromatic carbocycles. The molecule has 2 heterocycles. The molecular formula is C14H16ClFN2O2. The zero-order chi connectivity index (χ0) is 13.1. The summed E-state index contributed by atoms with van der Waals surface area (Å²) < 4.78 is 23.6. The van der Waals surface area contributed by atoms with Gasteiger partial charge >= 0.3 is 0 Å². The zero-order valence-corrected chi connectivity index (χ0v) is 11.7. The van der Waals surface area contributed by atoms with Gasteiger partial charge in [-0.1, -0.05) is 0 Å². The maximum Gasteiger partial charge on any atom is 0.226 e. The number of hydrogen-bond donors (Lipinski definition) is 0. The Morgan fingerprint density at radius 1 is 1.15 bits per heavy atom. The molecule has 0 unspecified atom stereocenters. The molecule has 0 amide bonds. The minimum absolute atomic E-state index is 0. The first-order valence-corrected chi connectivity index (χ1v) is 6.32. The van der Waals surface area contributed by atoms with Crippen LogP contribution in [0.1, 0.15) is 5.69 Å². The van der Waals surface area contributed by atoms with Crippen molar-refractivity contribution in [2.24, 2.45) is 0 Å². The lowest BCUT2D eigenvalue weighted by Crippen LogP contribution is -2.35. The van der Waals surface area contributed by atoms with Crippen LogP contribution < -0.4 is 0 Å².